The SMILES string of the molecule is CNC1CCC2CCC(C(C)=O)C(=O)N21. The van der Waals surface area contributed by atoms with Crippen molar-refractivity contribution < 1.29 is 9.59 Å². The van der Waals surface area contributed by atoms with Crippen molar-refractivity contribution in [2.24, 2.45) is 5.92 Å². The summed E-state index contributed by atoms with van der Waals surface area (Å²) in [5.41, 5.74) is 0. The molecule has 0 spiro atoms. The molecule has 2 aliphatic rings. The van der Waals surface area contributed by atoms with Crippen molar-refractivity contribution in [1.29, 1.82) is 0 Å². The predicted octanol–water partition coefficient (Wildman–Crippen LogP) is 0.522. The Labute approximate surface area is 90.0 Å². The van der Waals surface area contributed by atoms with Crippen LogP contribution in [0.15, 0.2) is 0 Å². The molecule has 84 valence electrons. The number of hydrogen-bond donors (Lipinski definition) is 1. The van der Waals surface area contributed by atoms with E-state index in [4.69, 9.17) is 0 Å². The van der Waals surface area contributed by atoms with Crippen molar-refractivity contribution in [2.45, 2.75) is 44.8 Å². The summed E-state index contributed by atoms with van der Waals surface area (Å²) in [7, 11) is 1.87. The number of piperidine rings is 1. The lowest BCUT2D eigenvalue weighted by atomic mass is 9.90. The molecule has 0 aliphatic carbocycles. The number of nitrogens with zero attached hydrogens (tertiary/aromatic N) is 1. The number of carbonyl (C=O) groups is 2. The standard InChI is InChI=1S/C11H18N2O2/c1-7(14)9-5-3-8-4-6-10(12-2)13(8)11(9)15/h8-10,12H,3-6H2,1-2H3. The second-order valence-electron chi connectivity index (χ2n) is 4.52. The van der Waals surface area contributed by atoms with Gasteiger partial charge in [-0.2, -0.15) is 0 Å². The first-order valence-corrected chi connectivity index (χ1v) is 5.65. The van der Waals surface area contributed by atoms with Gasteiger partial charge in [-0.15, -0.1) is 0 Å². The molecule has 4 heteroatoms. The Morgan fingerprint density at radius 3 is 2.60 bits per heavy atom. The first-order chi connectivity index (χ1) is 7.15. The van der Waals surface area contributed by atoms with Crippen molar-refractivity contribution in [1.82, 2.24) is 10.2 Å². The molecule has 2 fully saturated rings. The van der Waals surface area contributed by atoms with Gasteiger partial charge in [0.05, 0.1) is 12.1 Å². The van der Waals surface area contributed by atoms with E-state index in [1.54, 1.807) is 0 Å². The molecule has 15 heavy (non-hydrogen) atoms. The summed E-state index contributed by atoms with van der Waals surface area (Å²) in [6.07, 6.45) is 3.95. The van der Waals surface area contributed by atoms with Gasteiger partial charge in [-0.3, -0.25) is 9.59 Å². The Morgan fingerprint density at radius 2 is 2.00 bits per heavy atom. The van der Waals surface area contributed by atoms with Crippen LogP contribution in [0.2, 0.25) is 0 Å². The largest absolute Gasteiger partial charge is 0.324 e. The zero-order chi connectivity index (χ0) is 11.0. The Morgan fingerprint density at radius 1 is 1.33 bits per heavy atom. The minimum absolute atomic E-state index is 0.0141. The van der Waals surface area contributed by atoms with Gasteiger partial charge in [0.1, 0.15) is 5.78 Å². The fourth-order valence-electron chi connectivity index (χ4n) is 2.82. The number of nitrogens with one attached hydrogen (secondary N) is 1. The number of carbonyl (C=O) groups excluding carboxylic acids is 2. The van der Waals surface area contributed by atoms with Gasteiger partial charge in [-0.25, -0.2) is 0 Å². The maximum atomic E-state index is 12.1. The summed E-state index contributed by atoms with van der Waals surface area (Å²) in [5.74, 6) is -0.328. The average Bonchev–Trinajstić information content (AvgIpc) is 2.61. The third-order valence-electron chi connectivity index (χ3n) is 3.67. The number of hydrogen-bond acceptors (Lipinski definition) is 3. The molecule has 4 nitrogen and oxygen atoms in total. The lowest BCUT2D eigenvalue weighted by Crippen LogP contribution is -2.53. The summed E-state index contributed by atoms with van der Waals surface area (Å²) in [4.78, 5) is 25.3. The molecule has 2 saturated heterocycles. The van der Waals surface area contributed by atoms with Gasteiger partial charge in [0.15, 0.2) is 0 Å². The molecular formula is C11H18N2O2. The molecular weight excluding hydrogens is 192 g/mol. The smallest absolute Gasteiger partial charge is 0.234 e. The Balaban J connectivity index is 2.17. The van der Waals surface area contributed by atoms with Gasteiger partial charge in [0, 0.05) is 6.04 Å². The van der Waals surface area contributed by atoms with Gasteiger partial charge in [0.25, 0.3) is 0 Å². The van der Waals surface area contributed by atoms with Crippen molar-refractivity contribution in [3.63, 3.8) is 0 Å². The third kappa shape index (κ3) is 1.67. The summed E-state index contributed by atoms with van der Waals surface area (Å²) >= 11 is 0. The normalized spacial score (nSPS) is 35.5. The number of ketones is 1. The Hall–Kier alpha value is -0.900. The van der Waals surface area contributed by atoms with Crippen molar-refractivity contribution in [2.75, 3.05) is 7.05 Å². The first-order valence-electron chi connectivity index (χ1n) is 5.65. The van der Waals surface area contributed by atoms with E-state index in [1.165, 1.54) is 6.92 Å². The number of amides is 1. The zero-order valence-electron chi connectivity index (χ0n) is 9.32. The van der Waals surface area contributed by atoms with E-state index in [2.05, 4.69) is 5.32 Å². The van der Waals surface area contributed by atoms with Crippen LogP contribution in [-0.2, 0) is 9.59 Å². The molecule has 1 amide bonds. The molecule has 2 heterocycles. The van der Waals surface area contributed by atoms with Gasteiger partial charge < -0.3 is 10.2 Å². The Bertz CT molecular complexity index is 284. The highest BCUT2D eigenvalue weighted by molar-refractivity contribution is 6.01. The van der Waals surface area contributed by atoms with E-state index in [0.717, 1.165) is 25.7 Å². The highest BCUT2D eigenvalue weighted by atomic mass is 16.2. The van der Waals surface area contributed by atoms with Crippen LogP contribution in [0, 0.1) is 5.92 Å². The molecule has 0 aromatic carbocycles. The zero-order valence-corrected chi connectivity index (χ0v) is 9.32. The van der Waals surface area contributed by atoms with Crippen LogP contribution in [0.3, 0.4) is 0 Å². The average molecular weight is 210 g/mol. The maximum absolute atomic E-state index is 12.1. The van der Waals surface area contributed by atoms with E-state index in [0.29, 0.717) is 6.04 Å². The van der Waals surface area contributed by atoms with Crippen LogP contribution < -0.4 is 5.32 Å². The van der Waals surface area contributed by atoms with Crippen molar-refractivity contribution in [3.8, 4) is 0 Å². The van der Waals surface area contributed by atoms with Gasteiger partial charge >= 0.3 is 0 Å². The van der Waals surface area contributed by atoms with E-state index in [-0.39, 0.29) is 23.8 Å². The van der Waals surface area contributed by atoms with Crippen LogP contribution in [0.1, 0.15) is 32.6 Å². The molecule has 0 aromatic rings. The molecule has 1 N–H and O–H groups in total. The molecule has 0 bridgehead atoms. The van der Waals surface area contributed by atoms with Crippen molar-refractivity contribution >= 4 is 11.7 Å². The summed E-state index contributed by atoms with van der Waals surface area (Å²) in [5, 5.41) is 3.15. The monoisotopic (exact) mass is 210 g/mol. The van der Waals surface area contributed by atoms with Gasteiger partial charge in [-0.05, 0) is 39.7 Å². The van der Waals surface area contributed by atoms with Crippen LogP contribution in [0.5, 0.6) is 0 Å². The molecule has 2 aliphatic heterocycles. The molecule has 0 aromatic heterocycles. The second-order valence-corrected chi connectivity index (χ2v) is 4.52. The lowest BCUT2D eigenvalue weighted by Gasteiger charge is -2.37. The van der Waals surface area contributed by atoms with Crippen LogP contribution in [0.25, 0.3) is 0 Å². The van der Waals surface area contributed by atoms with Crippen molar-refractivity contribution in [3.05, 3.63) is 0 Å². The molecule has 0 radical (unpaired) electrons. The molecule has 3 unspecified atom stereocenters. The Kier molecular flexibility index (Phi) is 2.78. The quantitative estimate of drug-likeness (QED) is 0.676. The molecule has 2 rings (SSSR count). The van der Waals surface area contributed by atoms with Crippen LogP contribution >= 0.6 is 0 Å². The summed E-state index contributed by atoms with van der Waals surface area (Å²) < 4.78 is 0. The van der Waals surface area contributed by atoms with E-state index < -0.39 is 0 Å². The van der Waals surface area contributed by atoms with Crippen LogP contribution in [0.4, 0.5) is 0 Å². The highest BCUT2D eigenvalue weighted by Crippen LogP contribution is 2.33. The first kappa shape index (κ1) is 10.6. The number of rotatable bonds is 2. The molecule has 0 saturated carbocycles. The van der Waals surface area contributed by atoms with E-state index in [1.807, 2.05) is 11.9 Å². The fraction of sp³-hybridized carbons (Fsp3) is 0.818. The third-order valence-corrected chi connectivity index (χ3v) is 3.67. The van der Waals surface area contributed by atoms with E-state index in [9.17, 15) is 9.59 Å². The second kappa shape index (κ2) is 3.93. The summed E-state index contributed by atoms with van der Waals surface area (Å²) in [6, 6.07) is 0.366. The number of Topliss-reactive ketones (excluding diaryl/α,β-unsaturated/α-hetero) is 1. The minimum atomic E-state index is -0.379. The highest BCUT2D eigenvalue weighted by Gasteiger charge is 2.43. The maximum Gasteiger partial charge on any atom is 0.234 e. The predicted molar refractivity (Wildman–Crippen MR) is 56.1 cm³/mol. The summed E-state index contributed by atoms with van der Waals surface area (Å²) in [6.45, 7) is 1.52. The minimum Gasteiger partial charge on any atom is -0.324 e. The molecule has 3 atom stereocenters. The van der Waals surface area contributed by atoms with Gasteiger partial charge in [0.2, 0.25) is 5.91 Å². The van der Waals surface area contributed by atoms with E-state index >= 15 is 0 Å². The number of fused-ring (bicyclic) bond motifs is 1. The fourth-order valence-corrected chi connectivity index (χ4v) is 2.82. The van der Waals surface area contributed by atoms with Crippen LogP contribution in [-0.4, -0.2) is 35.8 Å². The topological polar surface area (TPSA) is 49.4 Å². The van der Waals surface area contributed by atoms with Gasteiger partial charge in [-0.1, -0.05) is 0 Å². The lowest BCUT2D eigenvalue weighted by molar-refractivity contribution is -0.147.